The van der Waals surface area contributed by atoms with Gasteiger partial charge in [0, 0.05) is 16.8 Å². The van der Waals surface area contributed by atoms with Crippen molar-refractivity contribution < 1.29 is 5.11 Å². The molecular formula is C21H26N2O. The van der Waals surface area contributed by atoms with Crippen LogP contribution in [-0.2, 0) is 10.8 Å². The van der Waals surface area contributed by atoms with Crippen LogP contribution in [0.1, 0.15) is 52.7 Å². The average Bonchev–Trinajstić information content (AvgIpc) is 2.89. The van der Waals surface area contributed by atoms with Gasteiger partial charge in [0.2, 0.25) is 0 Å². The van der Waals surface area contributed by atoms with Gasteiger partial charge in [0.1, 0.15) is 12.1 Å². The summed E-state index contributed by atoms with van der Waals surface area (Å²) in [5.41, 5.74) is 4.72. The molecule has 1 N–H and O–H groups in total. The first-order chi connectivity index (χ1) is 11.1. The molecule has 0 saturated heterocycles. The Morgan fingerprint density at radius 1 is 0.875 bits per heavy atom. The van der Waals surface area contributed by atoms with E-state index in [0.717, 1.165) is 27.8 Å². The fourth-order valence-electron chi connectivity index (χ4n) is 3.07. The predicted octanol–water partition coefficient (Wildman–Crippen LogP) is 5.33. The van der Waals surface area contributed by atoms with E-state index in [1.54, 1.807) is 0 Å². The van der Waals surface area contributed by atoms with E-state index in [1.165, 1.54) is 0 Å². The number of hydrogen-bond acceptors (Lipinski definition) is 2. The van der Waals surface area contributed by atoms with Crippen LogP contribution in [0.4, 0.5) is 0 Å². The van der Waals surface area contributed by atoms with Gasteiger partial charge >= 0.3 is 0 Å². The van der Waals surface area contributed by atoms with Crippen molar-refractivity contribution >= 4 is 11.0 Å². The van der Waals surface area contributed by atoms with Gasteiger partial charge < -0.3 is 5.11 Å². The molecule has 0 spiro atoms. The second-order valence-electron chi connectivity index (χ2n) is 8.49. The highest BCUT2D eigenvalue weighted by atomic mass is 16.3. The number of phenols is 1. The van der Waals surface area contributed by atoms with Crippen LogP contribution in [0.2, 0.25) is 0 Å². The van der Waals surface area contributed by atoms with Crippen molar-refractivity contribution in [3.63, 3.8) is 0 Å². The molecule has 0 aliphatic heterocycles. The zero-order valence-corrected chi connectivity index (χ0v) is 15.4. The smallest absolute Gasteiger partial charge is 0.123 e. The van der Waals surface area contributed by atoms with Crippen molar-refractivity contribution in [2.75, 3.05) is 0 Å². The lowest BCUT2D eigenvalue weighted by Crippen LogP contribution is -2.18. The maximum Gasteiger partial charge on any atom is 0.123 e. The molecular weight excluding hydrogens is 296 g/mol. The SMILES string of the molecule is CC(C)(C)c1cc(-n2cnc3ccccc32)cc(C(C)(C)C)c1O. The first kappa shape index (κ1) is 16.6. The van der Waals surface area contributed by atoms with Gasteiger partial charge in [-0.25, -0.2) is 4.98 Å². The zero-order chi connectivity index (χ0) is 17.7. The monoisotopic (exact) mass is 322 g/mol. The van der Waals surface area contributed by atoms with Gasteiger partial charge in [-0.15, -0.1) is 0 Å². The topological polar surface area (TPSA) is 38.0 Å². The number of para-hydroxylation sites is 2. The van der Waals surface area contributed by atoms with E-state index in [4.69, 9.17) is 0 Å². The maximum absolute atomic E-state index is 10.9. The summed E-state index contributed by atoms with van der Waals surface area (Å²) >= 11 is 0. The molecule has 0 aliphatic rings. The third-order valence-corrected chi connectivity index (χ3v) is 4.44. The highest BCUT2D eigenvalue weighted by Crippen LogP contribution is 2.40. The maximum atomic E-state index is 10.9. The Hall–Kier alpha value is -2.29. The van der Waals surface area contributed by atoms with Crippen molar-refractivity contribution in [2.24, 2.45) is 0 Å². The van der Waals surface area contributed by atoms with Gasteiger partial charge in [0.25, 0.3) is 0 Å². The van der Waals surface area contributed by atoms with Crippen LogP contribution in [0.15, 0.2) is 42.7 Å². The Balaban J connectivity index is 2.33. The minimum Gasteiger partial charge on any atom is -0.507 e. The van der Waals surface area contributed by atoms with Crippen LogP contribution in [0, 0.1) is 0 Å². The molecule has 0 radical (unpaired) electrons. The minimum atomic E-state index is -0.142. The zero-order valence-electron chi connectivity index (χ0n) is 15.4. The van der Waals surface area contributed by atoms with Crippen molar-refractivity contribution in [1.29, 1.82) is 0 Å². The third kappa shape index (κ3) is 2.79. The van der Waals surface area contributed by atoms with Gasteiger partial charge in [-0.3, -0.25) is 4.57 Å². The largest absolute Gasteiger partial charge is 0.507 e. The summed E-state index contributed by atoms with van der Waals surface area (Å²) in [6, 6.07) is 12.3. The average molecular weight is 322 g/mol. The van der Waals surface area contributed by atoms with Crippen LogP contribution in [0.5, 0.6) is 5.75 Å². The number of aromatic hydroxyl groups is 1. The number of nitrogens with zero attached hydrogens (tertiary/aromatic N) is 2. The van der Waals surface area contributed by atoms with Gasteiger partial charge in [0.15, 0.2) is 0 Å². The molecule has 1 heterocycles. The number of imidazole rings is 1. The lowest BCUT2D eigenvalue weighted by Gasteiger charge is -2.28. The molecule has 0 atom stereocenters. The molecule has 3 nitrogen and oxygen atoms in total. The second kappa shape index (κ2) is 5.37. The van der Waals surface area contributed by atoms with Gasteiger partial charge in [0.05, 0.1) is 11.0 Å². The van der Waals surface area contributed by atoms with E-state index in [-0.39, 0.29) is 10.8 Å². The summed E-state index contributed by atoms with van der Waals surface area (Å²) < 4.78 is 2.10. The molecule has 0 amide bonds. The van der Waals surface area contributed by atoms with E-state index in [1.807, 2.05) is 24.5 Å². The molecule has 2 aromatic carbocycles. The van der Waals surface area contributed by atoms with Crippen molar-refractivity contribution in [1.82, 2.24) is 9.55 Å². The third-order valence-electron chi connectivity index (χ3n) is 4.44. The number of hydrogen-bond donors (Lipinski definition) is 1. The number of phenolic OH excluding ortho intramolecular Hbond substituents is 1. The lowest BCUT2D eigenvalue weighted by molar-refractivity contribution is 0.423. The minimum absolute atomic E-state index is 0.142. The lowest BCUT2D eigenvalue weighted by atomic mass is 9.79. The number of aromatic nitrogens is 2. The van der Waals surface area contributed by atoms with Crippen LogP contribution in [-0.4, -0.2) is 14.7 Å². The first-order valence-electron chi connectivity index (χ1n) is 8.39. The van der Waals surface area contributed by atoms with Gasteiger partial charge in [-0.2, -0.15) is 0 Å². The summed E-state index contributed by atoms with van der Waals surface area (Å²) in [7, 11) is 0. The molecule has 0 fully saturated rings. The Kier molecular flexibility index (Phi) is 3.71. The Morgan fingerprint density at radius 3 is 1.96 bits per heavy atom. The molecule has 3 aromatic rings. The number of benzene rings is 2. The molecule has 24 heavy (non-hydrogen) atoms. The molecule has 3 heteroatoms. The van der Waals surface area contributed by atoms with Gasteiger partial charge in [-0.05, 0) is 35.1 Å². The second-order valence-corrected chi connectivity index (χ2v) is 8.49. The molecule has 3 rings (SSSR count). The molecule has 1 aromatic heterocycles. The summed E-state index contributed by atoms with van der Waals surface area (Å²) in [5, 5.41) is 10.9. The molecule has 126 valence electrons. The molecule has 0 bridgehead atoms. The van der Waals surface area contributed by atoms with Crippen LogP contribution in [0.3, 0.4) is 0 Å². The summed E-state index contributed by atoms with van der Waals surface area (Å²) in [5.74, 6) is 0.406. The highest BCUT2D eigenvalue weighted by Gasteiger charge is 2.27. The molecule has 0 unspecified atom stereocenters. The standard InChI is InChI=1S/C21H26N2O/c1-20(2,3)15-11-14(12-16(19(15)24)21(4,5)6)23-13-22-17-9-7-8-10-18(17)23/h7-13,24H,1-6H3. The predicted molar refractivity (Wildman–Crippen MR) is 100 cm³/mol. The summed E-state index contributed by atoms with van der Waals surface area (Å²) in [6.07, 6.45) is 1.86. The van der Waals surface area contributed by atoms with E-state index < -0.39 is 0 Å². The highest BCUT2D eigenvalue weighted by molar-refractivity contribution is 5.77. The number of fused-ring (bicyclic) bond motifs is 1. The van der Waals surface area contributed by atoms with Crippen molar-refractivity contribution in [3.8, 4) is 11.4 Å². The molecule has 0 aliphatic carbocycles. The van der Waals surface area contributed by atoms with E-state index >= 15 is 0 Å². The Bertz CT molecular complexity index is 857. The van der Waals surface area contributed by atoms with E-state index in [9.17, 15) is 5.11 Å². The quantitative estimate of drug-likeness (QED) is 0.658. The normalized spacial score (nSPS) is 12.8. The molecule has 0 saturated carbocycles. The Labute approximate surface area is 144 Å². The van der Waals surface area contributed by atoms with Gasteiger partial charge in [-0.1, -0.05) is 53.7 Å². The number of rotatable bonds is 1. The van der Waals surface area contributed by atoms with Crippen LogP contribution >= 0.6 is 0 Å². The van der Waals surface area contributed by atoms with E-state index in [2.05, 4.69) is 69.3 Å². The van der Waals surface area contributed by atoms with Crippen molar-refractivity contribution in [3.05, 3.63) is 53.9 Å². The fourth-order valence-corrected chi connectivity index (χ4v) is 3.07. The van der Waals surface area contributed by atoms with Crippen molar-refractivity contribution in [2.45, 2.75) is 52.4 Å². The first-order valence-corrected chi connectivity index (χ1v) is 8.39. The van der Waals surface area contributed by atoms with Crippen LogP contribution < -0.4 is 0 Å². The van der Waals surface area contributed by atoms with E-state index in [0.29, 0.717) is 5.75 Å². The van der Waals surface area contributed by atoms with Crippen LogP contribution in [0.25, 0.3) is 16.7 Å². The fraction of sp³-hybridized carbons (Fsp3) is 0.381. The Morgan fingerprint density at radius 2 is 1.42 bits per heavy atom. The summed E-state index contributed by atoms with van der Waals surface area (Å²) in [6.45, 7) is 12.8. The summed E-state index contributed by atoms with van der Waals surface area (Å²) in [4.78, 5) is 4.50.